The van der Waals surface area contributed by atoms with Crippen molar-refractivity contribution in [3.63, 3.8) is 0 Å². The molecule has 2 atom stereocenters. The van der Waals surface area contributed by atoms with Gasteiger partial charge in [-0.05, 0) is 25.3 Å². The molecule has 0 spiro atoms. The van der Waals surface area contributed by atoms with Crippen molar-refractivity contribution in [3.8, 4) is 0 Å². The van der Waals surface area contributed by atoms with Crippen molar-refractivity contribution < 1.29 is 4.79 Å². The average molecular weight is 255 g/mol. The molecule has 0 aliphatic rings. The highest BCUT2D eigenvalue weighted by Crippen LogP contribution is 2.29. The van der Waals surface area contributed by atoms with Gasteiger partial charge in [-0.15, -0.1) is 11.3 Å². The molecule has 0 radical (unpaired) electrons. The third kappa shape index (κ3) is 3.93. The molecule has 0 aliphatic heterocycles. The molecule has 2 unspecified atom stereocenters. The lowest BCUT2D eigenvalue weighted by Crippen LogP contribution is -2.17. The minimum atomic E-state index is -0.463. The Labute approximate surface area is 106 Å². The largest absolute Gasteiger partial charge is 0.397 e. The number of anilines is 2. The molecule has 0 saturated heterocycles. The van der Waals surface area contributed by atoms with Crippen LogP contribution in [-0.4, -0.2) is 11.9 Å². The Bertz CT molecular complexity index is 389. The molecule has 96 valence electrons. The number of hydrogen-bond acceptors (Lipinski definition) is 4. The highest BCUT2D eigenvalue weighted by atomic mass is 32.1. The number of amides is 1. The summed E-state index contributed by atoms with van der Waals surface area (Å²) in [6, 6.07) is 2.14. The van der Waals surface area contributed by atoms with Gasteiger partial charge in [-0.2, -0.15) is 0 Å². The van der Waals surface area contributed by atoms with Gasteiger partial charge in [0.05, 0.1) is 10.7 Å². The van der Waals surface area contributed by atoms with Crippen molar-refractivity contribution in [2.45, 2.75) is 39.7 Å². The lowest BCUT2D eigenvalue weighted by Gasteiger charge is -2.17. The summed E-state index contributed by atoms with van der Waals surface area (Å²) in [4.78, 5) is 11.5. The lowest BCUT2D eigenvalue weighted by molar-refractivity contribution is 0.100. The van der Waals surface area contributed by atoms with E-state index in [1.807, 2.05) is 0 Å². The highest BCUT2D eigenvalue weighted by molar-refractivity contribution is 7.18. The van der Waals surface area contributed by atoms with E-state index in [2.05, 4.69) is 26.1 Å². The fourth-order valence-electron chi connectivity index (χ4n) is 1.74. The van der Waals surface area contributed by atoms with E-state index in [9.17, 15) is 4.79 Å². The maximum Gasteiger partial charge on any atom is 0.260 e. The van der Waals surface area contributed by atoms with Gasteiger partial charge in [0.2, 0.25) is 0 Å². The predicted octanol–water partition coefficient (Wildman–Crippen LogP) is 2.67. The number of primary amides is 1. The molecule has 1 aromatic rings. The second-order valence-electron chi connectivity index (χ2n) is 4.55. The Hall–Kier alpha value is -1.23. The standard InChI is InChI=1S/C12H21N3OS/c1-4-7(2)5-8(3)15-10-6-9(13)11(17-10)12(14)16/h6-8,15H,4-5,13H2,1-3H3,(H2,14,16). The lowest BCUT2D eigenvalue weighted by atomic mass is 10.0. The van der Waals surface area contributed by atoms with Gasteiger partial charge in [-0.3, -0.25) is 4.79 Å². The van der Waals surface area contributed by atoms with E-state index in [0.29, 0.717) is 22.5 Å². The van der Waals surface area contributed by atoms with Gasteiger partial charge >= 0.3 is 0 Å². The summed E-state index contributed by atoms with van der Waals surface area (Å²) in [5, 5.41) is 4.26. The van der Waals surface area contributed by atoms with Crippen LogP contribution in [0.4, 0.5) is 10.7 Å². The number of hydrogen-bond donors (Lipinski definition) is 3. The molecular weight excluding hydrogens is 234 g/mol. The van der Waals surface area contributed by atoms with Crippen LogP contribution in [0.3, 0.4) is 0 Å². The molecule has 0 bridgehead atoms. The Balaban J connectivity index is 2.63. The number of nitrogens with two attached hydrogens (primary N) is 2. The molecule has 17 heavy (non-hydrogen) atoms. The topological polar surface area (TPSA) is 81.1 Å². The zero-order valence-corrected chi connectivity index (χ0v) is 11.4. The third-order valence-corrected chi connectivity index (χ3v) is 3.92. The maximum atomic E-state index is 11.1. The summed E-state index contributed by atoms with van der Waals surface area (Å²) >= 11 is 1.32. The van der Waals surface area contributed by atoms with Gasteiger partial charge in [0.15, 0.2) is 0 Å². The first-order chi connectivity index (χ1) is 7.93. The van der Waals surface area contributed by atoms with E-state index < -0.39 is 5.91 Å². The van der Waals surface area contributed by atoms with Crippen molar-refractivity contribution in [1.29, 1.82) is 0 Å². The van der Waals surface area contributed by atoms with Crippen LogP contribution in [-0.2, 0) is 0 Å². The number of nitrogens with one attached hydrogen (secondary N) is 1. The molecule has 0 saturated carbocycles. The average Bonchev–Trinajstić information content (AvgIpc) is 2.59. The Morgan fingerprint density at radius 2 is 2.18 bits per heavy atom. The summed E-state index contributed by atoms with van der Waals surface area (Å²) in [6.07, 6.45) is 2.27. The van der Waals surface area contributed by atoms with Gasteiger partial charge in [0.1, 0.15) is 4.88 Å². The fraction of sp³-hybridized carbons (Fsp3) is 0.583. The number of thiophene rings is 1. The summed E-state index contributed by atoms with van der Waals surface area (Å²) in [5.74, 6) is 0.223. The fourth-order valence-corrected chi connectivity index (χ4v) is 2.68. The number of rotatable bonds is 6. The van der Waals surface area contributed by atoms with Crippen molar-refractivity contribution in [2.24, 2.45) is 11.7 Å². The van der Waals surface area contributed by atoms with Gasteiger partial charge in [0.25, 0.3) is 5.91 Å². The van der Waals surface area contributed by atoms with Gasteiger partial charge in [0, 0.05) is 6.04 Å². The molecule has 1 heterocycles. The molecular formula is C12H21N3OS. The van der Waals surface area contributed by atoms with Crippen LogP contribution < -0.4 is 16.8 Å². The molecule has 5 heteroatoms. The predicted molar refractivity (Wildman–Crippen MR) is 74.4 cm³/mol. The third-order valence-electron chi connectivity index (χ3n) is 2.83. The molecule has 0 aromatic carbocycles. The maximum absolute atomic E-state index is 11.1. The minimum absolute atomic E-state index is 0.365. The van der Waals surface area contributed by atoms with E-state index in [4.69, 9.17) is 11.5 Å². The van der Waals surface area contributed by atoms with Gasteiger partial charge in [-0.25, -0.2) is 0 Å². The second kappa shape index (κ2) is 5.91. The van der Waals surface area contributed by atoms with Crippen molar-refractivity contribution >= 4 is 27.9 Å². The van der Waals surface area contributed by atoms with E-state index >= 15 is 0 Å². The van der Waals surface area contributed by atoms with E-state index in [1.54, 1.807) is 6.07 Å². The molecule has 5 N–H and O–H groups in total. The van der Waals surface area contributed by atoms with Crippen molar-refractivity contribution in [3.05, 3.63) is 10.9 Å². The van der Waals surface area contributed by atoms with Crippen LogP contribution in [0.5, 0.6) is 0 Å². The quantitative estimate of drug-likeness (QED) is 0.731. The summed E-state index contributed by atoms with van der Waals surface area (Å²) < 4.78 is 0. The monoisotopic (exact) mass is 255 g/mol. The van der Waals surface area contributed by atoms with Crippen LogP contribution in [0.1, 0.15) is 43.3 Å². The normalized spacial score (nSPS) is 14.3. The van der Waals surface area contributed by atoms with Crippen LogP contribution in [0, 0.1) is 5.92 Å². The Morgan fingerprint density at radius 3 is 2.65 bits per heavy atom. The minimum Gasteiger partial charge on any atom is -0.397 e. The molecule has 1 rings (SSSR count). The first kappa shape index (κ1) is 13.8. The Kier molecular flexibility index (Phi) is 4.81. The smallest absolute Gasteiger partial charge is 0.260 e. The zero-order chi connectivity index (χ0) is 13.0. The van der Waals surface area contributed by atoms with Crippen LogP contribution in [0.25, 0.3) is 0 Å². The molecule has 4 nitrogen and oxygen atoms in total. The van der Waals surface area contributed by atoms with Crippen LogP contribution in [0.2, 0.25) is 0 Å². The molecule has 0 aliphatic carbocycles. The van der Waals surface area contributed by atoms with Gasteiger partial charge in [-0.1, -0.05) is 20.3 Å². The van der Waals surface area contributed by atoms with Crippen molar-refractivity contribution in [2.75, 3.05) is 11.1 Å². The Morgan fingerprint density at radius 1 is 1.53 bits per heavy atom. The molecule has 1 amide bonds. The summed E-state index contributed by atoms with van der Waals surface area (Å²) in [6.45, 7) is 6.55. The summed E-state index contributed by atoms with van der Waals surface area (Å²) in [5.41, 5.74) is 11.4. The van der Waals surface area contributed by atoms with E-state index in [-0.39, 0.29) is 0 Å². The zero-order valence-electron chi connectivity index (χ0n) is 10.6. The number of nitrogen functional groups attached to an aromatic ring is 1. The van der Waals surface area contributed by atoms with Crippen molar-refractivity contribution in [1.82, 2.24) is 0 Å². The highest BCUT2D eigenvalue weighted by Gasteiger charge is 2.13. The number of carbonyl (C=O) groups is 1. The SMILES string of the molecule is CCC(C)CC(C)Nc1cc(N)c(C(N)=O)s1. The molecule has 0 fully saturated rings. The van der Waals surface area contributed by atoms with Crippen LogP contribution >= 0.6 is 11.3 Å². The van der Waals surface area contributed by atoms with Gasteiger partial charge < -0.3 is 16.8 Å². The van der Waals surface area contributed by atoms with Crippen LogP contribution in [0.15, 0.2) is 6.07 Å². The first-order valence-corrected chi connectivity index (χ1v) is 6.71. The first-order valence-electron chi connectivity index (χ1n) is 5.89. The van der Waals surface area contributed by atoms with E-state index in [1.165, 1.54) is 17.8 Å². The molecule has 1 aromatic heterocycles. The summed E-state index contributed by atoms with van der Waals surface area (Å²) in [7, 11) is 0. The van der Waals surface area contributed by atoms with E-state index in [0.717, 1.165) is 11.4 Å². The second-order valence-corrected chi connectivity index (χ2v) is 5.61. The number of carbonyl (C=O) groups excluding carboxylic acids is 1.